The van der Waals surface area contributed by atoms with Crippen LogP contribution in [0.5, 0.6) is 0 Å². The van der Waals surface area contributed by atoms with Gasteiger partial charge in [0.05, 0.1) is 5.92 Å². The molecule has 2 nitrogen and oxygen atoms in total. The van der Waals surface area contributed by atoms with Crippen LogP contribution in [-0.4, -0.2) is 11.1 Å². The minimum absolute atomic E-state index is 0.0812. The standard InChI is InChI=1S/C14H18F2O2/c1-10(2)8-11(13(17)18)9-14(15,16)12-6-4-3-5-7-12/h3-7,10-11H,8-9H2,1-2H3,(H,17,18). The number of carboxylic acid groups (broad SMARTS) is 1. The summed E-state index contributed by atoms with van der Waals surface area (Å²) in [6, 6.07) is 7.37. The first kappa shape index (κ1) is 14.6. The molecule has 0 heterocycles. The van der Waals surface area contributed by atoms with E-state index in [9.17, 15) is 13.6 Å². The number of halogens is 2. The fraction of sp³-hybridized carbons (Fsp3) is 0.500. The van der Waals surface area contributed by atoms with Gasteiger partial charge in [-0.2, -0.15) is 0 Å². The Labute approximate surface area is 106 Å². The van der Waals surface area contributed by atoms with Crippen LogP contribution in [0.25, 0.3) is 0 Å². The lowest BCUT2D eigenvalue weighted by Gasteiger charge is -2.22. The zero-order chi connectivity index (χ0) is 13.8. The largest absolute Gasteiger partial charge is 0.481 e. The van der Waals surface area contributed by atoms with E-state index < -0.39 is 24.2 Å². The summed E-state index contributed by atoms with van der Waals surface area (Å²) in [7, 11) is 0. The summed E-state index contributed by atoms with van der Waals surface area (Å²) in [6.45, 7) is 3.66. The quantitative estimate of drug-likeness (QED) is 0.837. The molecule has 0 aliphatic carbocycles. The number of hydrogen-bond acceptors (Lipinski definition) is 1. The predicted molar refractivity (Wildman–Crippen MR) is 65.5 cm³/mol. The SMILES string of the molecule is CC(C)CC(CC(F)(F)c1ccccc1)C(=O)O. The van der Waals surface area contributed by atoms with Gasteiger partial charge in [-0.1, -0.05) is 44.2 Å². The molecule has 1 N–H and O–H groups in total. The number of hydrogen-bond donors (Lipinski definition) is 1. The molecule has 0 aliphatic rings. The lowest BCUT2D eigenvalue weighted by molar-refractivity contribution is -0.146. The molecule has 0 saturated carbocycles. The molecule has 0 aromatic heterocycles. The monoisotopic (exact) mass is 256 g/mol. The lowest BCUT2D eigenvalue weighted by Crippen LogP contribution is -2.25. The van der Waals surface area contributed by atoms with Crippen LogP contribution in [0.3, 0.4) is 0 Å². The number of carboxylic acids is 1. The second kappa shape index (κ2) is 5.94. The Morgan fingerprint density at radius 2 is 1.83 bits per heavy atom. The van der Waals surface area contributed by atoms with Gasteiger partial charge in [-0.3, -0.25) is 4.79 Å². The molecule has 1 aromatic carbocycles. The number of carbonyl (C=O) groups is 1. The summed E-state index contributed by atoms with van der Waals surface area (Å²) >= 11 is 0. The Kier molecular flexibility index (Phi) is 4.82. The van der Waals surface area contributed by atoms with Gasteiger partial charge in [0.2, 0.25) is 0 Å². The molecule has 0 fully saturated rings. The third-order valence-corrected chi connectivity index (χ3v) is 2.80. The van der Waals surface area contributed by atoms with Crippen LogP contribution in [-0.2, 0) is 10.7 Å². The highest BCUT2D eigenvalue weighted by molar-refractivity contribution is 5.70. The molecule has 1 rings (SSSR count). The van der Waals surface area contributed by atoms with Crippen molar-refractivity contribution in [1.82, 2.24) is 0 Å². The van der Waals surface area contributed by atoms with Gasteiger partial charge in [0.25, 0.3) is 5.92 Å². The first-order valence-electron chi connectivity index (χ1n) is 5.99. The van der Waals surface area contributed by atoms with E-state index >= 15 is 0 Å². The Morgan fingerprint density at radius 1 is 1.28 bits per heavy atom. The van der Waals surface area contributed by atoms with Gasteiger partial charge < -0.3 is 5.11 Å². The van der Waals surface area contributed by atoms with Crippen molar-refractivity contribution >= 4 is 5.97 Å². The summed E-state index contributed by atoms with van der Waals surface area (Å²) in [5.41, 5.74) is -0.125. The molecule has 18 heavy (non-hydrogen) atoms. The lowest BCUT2D eigenvalue weighted by atomic mass is 9.89. The van der Waals surface area contributed by atoms with Gasteiger partial charge in [0.15, 0.2) is 0 Å². The zero-order valence-electron chi connectivity index (χ0n) is 10.6. The second-order valence-electron chi connectivity index (χ2n) is 4.94. The normalized spacial score (nSPS) is 13.6. The number of aliphatic carboxylic acids is 1. The van der Waals surface area contributed by atoms with Crippen molar-refractivity contribution in [3.8, 4) is 0 Å². The molecule has 1 atom stereocenters. The molecule has 0 saturated heterocycles. The zero-order valence-corrected chi connectivity index (χ0v) is 10.6. The molecule has 1 unspecified atom stereocenters. The first-order chi connectivity index (χ1) is 8.33. The van der Waals surface area contributed by atoms with Crippen LogP contribution < -0.4 is 0 Å². The van der Waals surface area contributed by atoms with Crippen molar-refractivity contribution in [3.05, 3.63) is 35.9 Å². The summed E-state index contributed by atoms with van der Waals surface area (Å²) < 4.78 is 27.9. The highest BCUT2D eigenvalue weighted by Crippen LogP contribution is 2.36. The van der Waals surface area contributed by atoms with E-state index in [-0.39, 0.29) is 17.9 Å². The van der Waals surface area contributed by atoms with E-state index in [1.54, 1.807) is 6.07 Å². The second-order valence-corrected chi connectivity index (χ2v) is 4.94. The summed E-state index contributed by atoms with van der Waals surface area (Å²) in [5, 5.41) is 9.00. The Hall–Kier alpha value is -1.45. The van der Waals surface area contributed by atoms with E-state index in [1.807, 2.05) is 13.8 Å². The summed E-state index contributed by atoms with van der Waals surface area (Å²) in [5.74, 6) is -5.18. The van der Waals surface area contributed by atoms with Gasteiger partial charge in [-0.05, 0) is 12.3 Å². The molecule has 1 aromatic rings. The molecular formula is C14H18F2O2. The fourth-order valence-corrected chi connectivity index (χ4v) is 1.95. The van der Waals surface area contributed by atoms with Crippen LogP contribution in [0.15, 0.2) is 30.3 Å². The predicted octanol–water partition coefficient (Wildman–Crippen LogP) is 3.92. The maximum absolute atomic E-state index is 14.0. The van der Waals surface area contributed by atoms with Crippen molar-refractivity contribution in [2.45, 2.75) is 32.6 Å². The Morgan fingerprint density at radius 3 is 2.28 bits per heavy atom. The van der Waals surface area contributed by atoms with Crippen LogP contribution >= 0.6 is 0 Å². The van der Waals surface area contributed by atoms with Crippen LogP contribution in [0.1, 0.15) is 32.3 Å². The third kappa shape index (κ3) is 4.09. The van der Waals surface area contributed by atoms with Gasteiger partial charge in [-0.25, -0.2) is 8.78 Å². The van der Waals surface area contributed by atoms with Crippen LogP contribution in [0.2, 0.25) is 0 Å². The topological polar surface area (TPSA) is 37.3 Å². The smallest absolute Gasteiger partial charge is 0.306 e. The van der Waals surface area contributed by atoms with Gasteiger partial charge in [-0.15, -0.1) is 0 Å². The van der Waals surface area contributed by atoms with E-state index in [2.05, 4.69) is 0 Å². The van der Waals surface area contributed by atoms with Crippen molar-refractivity contribution in [3.63, 3.8) is 0 Å². The van der Waals surface area contributed by atoms with E-state index in [0.717, 1.165) is 0 Å². The van der Waals surface area contributed by atoms with Crippen LogP contribution in [0, 0.1) is 11.8 Å². The van der Waals surface area contributed by atoms with Gasteiger partial charge in [0, 0.05) is 12.0 Å². The highest BCUT2D eigenvalue weighted by atomic mass is 19.3. The third-order valence-electron chi connectivity index (χ3n) is 2.80. The Balaban J connectivity index is 2.82. The molecule has 4 heteroatoms. The molecule has 0 amide bonds. The maximum atomic E-state index is 14.0. The van der Waals surface area contributed by atoms with Gasteiger partial charge >= 0.3 is 5.97 Å². The summed E-state index contributed by atoms with van der Waals surface area (Å²) in [4.78, 5) is 11.0. The van der Waals surface area contributed by atoms with E-state index in [1.165, 1.54) is 24.3 Å². The summed E-state index contributed by atoms with van der Waals surface area (Å²) in [6.07, 6.45) is -0.387. The molecule has 0 bridgehead atoms. The van der Waals surface area contributed by atoms with Crippen LogP contribution in [0.4, 0.5) is 8.78 Å². The molecule has 0 radical (unpaired) electrons. The molecule has 100 valence electrons. The Bertz CT molecular complexity index is 388. The van der Waals surface area contributed by atoms with Gasteiger partial charge in [0.1, 0.15) is 0 Å². The number of alkyl halides is 2. The number of benzene rings is 1. The first-order valence-corrected chi connectivity index (χ1v) is 5.99. The maximum Gasteiger partial charge on any atom is 0.306 e. The van der Waals surface area contributed by atoms with Crippen molar-refractivity contribution in [2.75, 3.05) is 0 Å². The minimum atomic E-state index is -3.10. The highest BCUT2D eigenvalue weighted by Gasteiger charge is 2.37. The van der Waals surface area contributed by atoms with E-state index in [4.69, 9.17) is 5.11 Å². The van der Waals surface area contributed by atoms with E-state index in [0.29, 0.717) is 0 Å². The average Bonchev–Trinajstić information content (AvgIpc) is 2.28. The number of rotatable bonds is 6. The molecular weight excluding hydrogens is 238 g/mol. The van der Waals surface area contributed by atoms with Crippen molar-refractivity contribution < 1.29 is 18.7 Å². The fourth-order valence-electron chi connectivity index (χ4n) is 1.95. The molecule has 0 spiro atoms. The van der Waals surface area contributed by atoms with Crippen molar-refractivity contribution in [1.29, 1.82) is 0 Å². The molecule has 0 aliphatic heterocycles. The minimum Gasteiger partial charge on any atom is -0.481 e. The average molecular weight is 256 g/mol. The van der Waals surface area contributed by atoms with Crippen molar-refractivity contribution in [2.24, 2.45) is 11.8 Å².